The van der Waals surface area contributed by atoms with Gasteiger partial charge in [0, 0.05) is 24.3 Å². The molecule has 8 heteroatoms. The Balaban J connectivity index is 1.48. The number of rotatable bonds is 8. The summed E-state index contributed by atoms with van der Waals surface area (Å²) in [5.41, 5.74) is 3.60. The molecular formula is C26H30N2O6. The topological polar surface area (TPSA) is 102 Å². The monoisotopic (exact) mass is 466 g/mol. The first-order valence-corrected chi connectivity index (χ1v) is 11.3. The molecule has 0 aromatic heterocycles. The van der Waals surface area contributed by atoms with E-state index in [2.05, 4.69) is 5.32 Å². The Morgan fingerprint density at radius 1 is 1.06 bits per heavy atom. The van der Waals surface area contributed by atoms with Gasteiger partial charge in [-0.25, -0.2) is 4.79 Å². The molecule has 0 bridgehead atoms. The zero-order valence-electron chi connectivity index (χ0n) is 19.9. The Bertz CT molecular complexity index is 1080. The first-order valence-electron chi connectivity index (χ1n) is 11.3. The normalized spacial score (nSPS) is 15.4. The number of hydrogen-bond acceptors (Lipinski definition) is 6. The van der Waals surface area contributed by atoms with Crippen LogP contribution in [0.15, 0.2) is 42.5 Å². The van der Waals surface area contributed by atoms with E-state index in [0.717, 1.165) is 16.8 Å². The molecule has 1 aliphatic heterocycles. The van der Waals surface area contributed by atoms with E-state index in [9.17, 15) is 19.2 Å². The Hall–Kier alpha value is -3.68. The van der Waals surface area contributed by atoms with Crippen LogP contribution in [0, 0.1) is 25.7 Å². The lowest BCUT2D eigenvalue weighted by atomic mass is 10.1. The Labute approximate surface area is 199 Å². The van der Waals surface area contributed by atoms with Gasteiger partial charge in [-0.2, -0.15) is 0 Å². The van der Waals surface area contributed by atoms with Crippen molar-refractivity contribution in [3.8, 4) is 0 Å². The van der Waals surface area contributed by atoms with E-state index < -0.39 is 30.4 Å². The van der Waals surface area contributed by atoms with Crippen molar-refractivity contribution in [1.29, 1.82) is 0 Å². The highest BCUT2D eigenvalue weighted by atomic mass is 16.5. The third kappa shape index (κ3) is 6.43. The Morgan fingerprint density at radius 2 is 1.76 bits per heavy atom. The van der Waals surface area contributed by atoms with E-state index >= 15 is 0 Å². The molecule has 3 rings (SSSR count). The summed E-state index contributed by atoms with van der Waals surface area (Å²) in [6, 6.07) is 12.1. The number of anilines is 2. The molecule has 0 unspecified atom stereocenters. The first kappa shape index (κ1) is 25.0. The van der Waals surface area contributed by atoms with Crippen LogP contribution in [-0.2, 0) is 23.9 Å². The summed E-state index contributed by atoms with van der Waals surface area (Å²) in [6.45, 7) is 7.84. The molecule has 2 aromatic carbocycles. The molecule has 1 atom stereocenters. The van der Waals surface area contributed by atoms with Crippen molar-refractivity contribution in [1.82, 2.24) is 0 Å². The van der Waals surface area contributed by atoms with Crippen LogP contribution in [0.1, 0.15) is 41.8 Å². The second kappa shape index (κ2) is 11.0. The summed E-state index contributed by atoms with van der Waals surface area (Å²) in [5, 5.41) is 2.62. The van der Waals surface area contributed by atoms with Crippen LogP contribution >= 0.6 is 0 Å². The maximum atomic E-state index is 12.5. The second-order valence-electron chi connectivity index (χ2n) is 8.92. The van der Waals surface area contributed by atoms with Crippen molar-refractivity contribution >= 4 is 35.1 Å². The number of ether oxygens (including phenoxy) is 2. The van der Waals surface area contributed by atoms with Crippen LogP contribution in [0.4, 0.5) is 11.4 Å². The molecule has 180 valence electrons. The van der Waals surface area contributed by atoms with Gasteiger partial charge in [-0.3, -0.25) is 14.4 Å². The lowest BCUT2D eigenvalue weighted by Crippen LogP contribution is -2.28. The number of nitrogens with one attached hydrogen (secondary N) is 1. The zero-order chi connectivity index (χ0) is 24.8. The summed E-state index contributed by atoms with van der Waals surface area (Å²) in [4.78, 5) is 50.7. The molecule has 0 spiro atoms. The Morgan fingerprint density at radius 3 is 2.44 bits per heavy atom. The fourth-order valence-electron chi connectivity index (χ4n) is 3.58. The molecule has 1 N–H and O–H groups in total. The van der Waals surface area contributed by atoms with Crippen LogP contribution in [0.5, 0.6) is 0 Å². The molecule has 1 fully saturated rings. The lowest BCUT2D eigenvalue weighted by molar-refractivity contribution is -0.151. The summed E-state index contributed by atoms with van der Waals surface area (Å²) in [7, 11) is 0. The number of amides is 2. The molecule has 1 aliphatic rings. The third-order valence-corrected chi connectivity index (χ3v) is 5.41. The molecule has 0 aliphatic carbocycles. The van der Waals surface area contributed by atoms with Gasteiger partial charge in [0.2, 0.25) is 5.91 Å². The van der Waals surface area contributed by atoms with Crippen molar-refractivity contribution in [2.24, 2.45) is 11.8 Å². The lowest BCUT2D eigenvalue weighted by Gasteiger charge is -2.19. The molecule has 2 amide bonds. The highest BCUT2D eigenvalue weighted by Gasteiger charge is 2.36. The molecule has 1 heterocycles. The van der Waals surface area contributed by atoms with Crippen LogP contribution in [0.25, 0.3) is 0 Å². The van der Waals surface area contributed by atoms with Crippen LogP contribution < -0.4 is 10.2 Å². The van der Waals surface area contributed by atoms with Crippen molar-refractivity contribution in [3.63, 3.8) is 0 Å². The minimum atomic E-state index is -0.628. The summed E-state index contributed by atoms with van der Waals surface area (Å²) < 4.78 is 10.3. The van der Waals surface area contributed by atoms with Crippen molar-refractivity contribution < 1.29 is 28.7 Å². The number of carbonyl (C=O) groups is 4. The standard InChI is InChI=1S/C26H30N2O6/c1-16(2)14-33-25(31)19-7-9-21(10-8-19)27-23(29)15-34-26(32)20-12-24(30)28(13-20)22-11-17(3)5-6-18(22)4/h5-11,16,20H,12-15H2,1-4H3,(H,27,29)/t20-/m1/s1. The smallest absolute Gasteiger partial charge is 0.338 e. The highest BCUT2D eigenvalue weighted by Crippen LogP contribution is 2.29. The van der Waals surface area contributed by atoms with Crippen molar-refractivity contribution in [2.45, 2.75) is 34.1 Å². The predicted octanol–water partition coefficient (Wildman–Crippen LogP) is 3.65. The molecule has 1 saturated heterocycles. The molecule has 0 saturated carbocycles. The molecule has 2 aromatic rings. The molecule has 34 heavy (non-hydrogen) atoms. The summed E-state index contributed by atoms with van der Waals surface area (Å²) >= 11 is 0. The minimum Gasteiger partial charge on any atom is -0.462 e. The van der Waals surface area contributed by atoms with Gasteiger partial charge < -0.3 is 19.7 Å². The summed E-state index contributed by atoms with van der Waals surface area (Å²) in [6.07, 6.45) is 0.0439. The average molecular weight is 467 g/mol. The van der Waals surface area contributed by atoms with E-state index in [1.54, 1.807) is 29.2 Å². The van der Waals surface area contributed by atoms with E-state index in [0.29, 0.717) is 17.9 Å². The zero-order valence-corrected chi connectivity index (χ0v) is 19.9. The Kier molecular flexibility index (Phi) is 8.04. The van der Waals surface area contributed by atoms with E-state index in [1.165, 1.54) is 0 Å². The predicted molar refractivity (Wildman–Crippen MR) is 128 cm³/mol. The second-order valence-corrected chi connectivity index (χ2v) is 8.92. The van der Waals surface area contributed by atoms with Gasteiger partial charge in [0.15, 0.2) is 6.61 Å². The van der Waals surface area contributed by atoms with Crippen LogP contribution in [0.3, 0.4) is 0 Å². The highest BCUT2D eigenvalue weighted by molar-refractivity contribution is 6.00. The quantitative estimate of drug-likeness (QED) is 0.596. The van der Waals surface area contributed by atoms with Crippen LogP contribution in [0.2, 0.25) is 0 Å². The number of nitrogens with zero attached hydrogens (tertiary/aromatic N) is 1. The van der Waals surface area contributed by atoms with Gasteiger partial charge in [0.25, 0.3) is 5.91 Å². The van der Waals surface area contributed by atoms with Gasteiger partial charge in [-0.1, -0.05) is 26.0 Å². The number of aryl methyl sites for hydroxylation is 2. The average Bonchev–Trinajstić information content (AvgIpc) is 3.19. The largest absolute Gasteiger partial charge is 0.462 e. The van der Waals surface area contributed by atoms with Gasteiger partial charge in [-0.15, -0.1) is 0 Å². The van der Waals surface area contributed by atoms with Crippen molar-refractivity contribution in [2.75, 3.05) is 30.0 Å². The van der Waals surface area contributed by atoms with Crippen LogP contribution in [-0.4, -0.2) is 43.5 Å². The van der Waals surface area contributed by atoms with Gasteiger partial charge in [0.1, 0.15) is 0 Å². The molecule has 8 nitrogen and oxygen atoms in total. The number of esters is 2. The van der Waals surface area contributed by atoms with Gasteiger partial charge in [0.05, 0.1) is 18.1 Å². The SMILES string of the molecule is Cc1ccc(C)c(N2C[C@H](C(=O)OCC(=O)Nc3ccc(C(=O)OCC(C)C)cc3)CC2=O)c1. The first-order chi connectivity index (χ1) is 16.1. The number of carbonyl (C=O) groups excluding carboxylic acids is 4. The van der Waals surface area contributed by atoms with E-state index in [-0.39, 0.29) is 24.8 Å². The fraction of sp³-hybridized carbons (Fsp3) is 0.385. The third-order valence-electron chi connectivity index (χ3n) is 5.41. The van der Waals surface area contributed by atoms with E-state index in [4.69, 9.17) is 9.47 Å². The fourth-order valence-corrected chi connectivity index (χ4v) is 3.58. The molecular weight excluding hydrogens is 436 g/mol. The number of hydrogen-bond donors (Lipinski definition) is 1. The maximum absolute atomic E-state index is 12.5. The van der Waals surface area contributed by atoms with E-state index in [1.807, 2.05) is 45.9 Å². The van der Waals surface area contributed by atoms with Gasteiger partial charge >= 0.3 is 11.9 Å². The number of benzene rings is 2. The van der Waals surface area contributed by atoms with Gasteiger partial charge in [-0.05, 0) is 61.2 Å². The maximum Gasteiger partial charge on any atom is 0.338 e. The minimum absolute atomic E-state index is 0.0439. The molecule has 0 radical (unpaired) electrons. The summed E-state index contributed by atoms with van der Waals surface area (Å²) in [5.74, 6) is -2.06. The van der Waals surface area contributed by atoms with Crippen molar-refractivity contribution in [3.05, 3.63) is 59.2 Å².